The monoisotopic (exact) mass is 219 g/mol. The van der Waals surface area contributed by atoms with E-state index in [1.54, 1.807) is 11.8 Å². The third-order valence-electron chi connectivity index (χ3n) is 2.84. The molecule has 0 amide bonds. The Balaban J connectivity index is 2.05. The standard InChI is InChI=1S/C10H21NO2S/c11-10(8-3-1-2-4-8)7-14-6-9(13)5-12/h8-10,12-13H,1-7,11H2. The average Bonchev–Trinajstić information content (AvgIpc) is 2.70. The van der Waals surface area contributed by atoms with Gasteiger partial charge in [0.25, 0.3) is 0 Å². The van der Waals surface area contributed by atoms with Gasteiger partial charge in [0.2, 0.25) is 0 Å². The van der Waals surface area contributed by atoms with Gasteiger partial charge in [0, 0.05) is 17.5 Å². The van der Waals surface area contributed by atoms with Gasteiger partial charge in [-0.3, -0.25) is 0 Å². The fourth-order valence-corrected chi connectivity index (χ4v) is 2.97. The van der Waals surface area contributed by atoms with Crippen molar-refractivity contribution in [1.82, 2.24) is 0 Å². The van der Waals surface area contributed by atoms with Crippen molar-refractivity contribution in [2.45, 2.75) is 37.8 Å². The molecule has 0 aromatic heterocycles. The van der Waals surface area contributed by atoms with Gasteiger partial charge in [0.05, 0.1) is 12.7 Å². The van der Waals surface area contributed by atoms with Gasteiger partial charge in [-0.15, -0.1) is 0 Å². The Morgan fingerprint density at radius 3 is 2.50 bits per heavy atom. The van der Waals surface area contributed by atoms with E-state index in [0.29, 0.717) is 11.7 Å². The maximum Gasteiger partial charge on any atom is 0.0861 e. The van der Waals surface area contributed by atoms with Gasteiger partial charge in [0.15, 0.2) is 0 Å². The molecule has 84 valence electrons. The lowest BCUT2D eigenvalue weighted by Crippen LogP contribution is -2.31. The summed E-state index contributed by atoms with van der Waals surface area (Å²) in [5.74, 6) is 2.19. The summed E-state index contributed by atoms with van der Waals surface area (Å²) in [6.07, 6.45) is 4.59. The highest BCUT2D eigenvalue weighted by atomic mass is 32.2. The summed E-state index contributed by atoms with van der Waals surface area (Å²) in [7, 11) is 0. The molecule has 0 saturated heterocycles. The van der Waals surface area contributed by atoms with Gasteiger partial charge >= 0.3 is 0 Å². The van der Waals surface area contributed by atoms with Crippen molar-refractivity contribution in [2.75, 3.05) is 18.1 Å². The van der Waals surface area contributed by atoms with E-state index >= 15 is 0 Å². The van der Waals surface area contributed by atoms with Crippen molar-refractivity contribution in [3.05, 3.63) is 0 Å². The summed E-state index contributed by atoms with van der Waals surface area (Å²) in [4.78, 5) is 0. The van der Waals surface area contributed by atoms with Crippen molar-refractivity contribution < 1.29 is 10.2 Å². The van der Waals surface area contributed by atoms with Crippen molar-refractivity contribution in [2.24, 2.45) is 11.7 Å². The lowest BCUT2D eigenvalue weighted by Gasteiger charge is -2.18. The molecule has 14 heavy (non-hydrogen) atoms. The average molecular weight is 219 g/mol. The number of hydrogen-bond donors (Lipinski definition) is 3. The zero-order chi connectivity index (χ0) is 10.4. The van der Waals surface area contributed by atoms with Crippen LogP contribution in [0, 0.1) is 5.92 Å². The fraction of sp³-hybridized carbons (Fsp3) is 1.00. The Morgan fingerprint density at radius 2 is 1.93 bits per heavy atom. The molecule has 0 aliphatic heterocycles. The molecule has 0 aromatic rings. The number of hydrogen-bond acceptors (Lipinski definition) is 4. The predicted molar refractivity (Wildman–Crippen MR) is 60.4 cm³/mol. The van der Waals surface area contributed by atoms with E-state index in [1.807, 2.05) is 0 Å². The lowest BCUT2D eigenvalue weighted by molar-refractivity contribution is 0.113. The van der Waals surface area contributed by atoms with Gasteiger partial charge in [-0.2, -0.15) is 11.8 Å². The van der Waals surface area contributed by atoms with E-state index in [4.69, 9.17) is 15.9 Å². The number of aliphatic hydroxyl groups excluding tert-OH is 2. The molecule has 2 unspecified atom stereocenters. The van der Waals surface area contributed by atoms with Crippen LogP contribution in [0.4, 0.5) is 0 Å². The highest BCUT2D eigenvalue weighted by Gasteiger charge is 2.21. The number of nitrogens with two attached hydrogens (primary N) is 1. The molecular weight excluding hydrogens is 198 g/mol. The van der Waals surface area contributed by atoms with Gasteiger partial charge in [0.1, 0.15) is 0 Å². The van der Waals surface area contributed by atoms with E-state index in [1.165, 1.54) is 25.7 Å². The van der Waals surface area contributed by atoms with Gasteiger partial charge in [-0.25, -0.2) is 0 Å². The molecule has 0 bridgehead atoms. The SMILES string of the molecule is NC(CSCC(O)CO)C1CCCC1. The minimum absolute atomic E-state index is 0.147. The summed E-state index contributed by atoms with van der Waals surface area (Å²) in [6, 6.07) is 0.272. The van der Waals surface area contributed by atoms with Crippen LogP contribution in [-0.4, -0.2) is 40.5 Å². The first-order valence-corrected chi connectivity index (χ1v) is 6.51. The zero-order valence-electron chi connectivity index (χ0n) is 8.56. The number of thioether (sulfide) groups is 1. The van der Waals surface area contributed by atoms with Crippen LogP contribution in [0.25, 0.3) is 0 Å². The summed E-state index contributed by atoms with van der Waals surface area (Å²) in [5.41, 5.74) is 6.04. The third-order valence-corrected chi connectivity index (χ3v) is 4.08. The van der Waals surface area contributed by atoms with Gasteiger partial charge in [-0.1, -0.05) is 12.8 Å². The Hall–Kier alpha value is 0.230. The van der Waals surface area contributed by atoms with Gasteiger partial charge in [-0.05, 0) is 18.8 Å². The summed E-state index contributed by atoms with van der Waals surface area (Å²) < 4.78 is 0. The molecular formula is C10H21NO2S. The van der Waals surface area contributed by atoms with Crippen molar-refractivity contribution in [3.63, 3.8) is 0 Å². The Morgan fingerprint density at radius 1 is 1.29 bits per heavy atom. The first kappa shape index (κ1) is 12.3. The molecule has 2 atom stereocenters. The first-order valence-electron chi connectivity index (χ1n) is 5.36. The van der Waals surface area contributed by atoms with Crippen LogP contribution in [0.2, 0.25) is 0 Å². The second kappa shape index (κ2) is 6.67. The largest absolute Gasteiger partial charge is 0.394 e. The summed E-state index contributed by atoms with van der Waals surface area (Å²) >= 11 is 1.65. The minimum Gasteiger partial charge on any atom is -0.394 e. The molecule has 0 heterocycles. The van der Waals surface area contributed by atoms with Crippen LogP contribution >= 0.6 is 11.8 Å². The minimum atomic E-state index is -0.587. The molecule has 1 aliphatic rings. The topological polar surface area (TPSA) is 66.5 Å². The molecule has 1 aliphatic carbocycles. The second-order valence-corrected chi connectivity index (χ2v) is 5.16. The van der Waals surface area contributed by atoms with Crippen LogP contribution in [0.5, 0.6) is 0 Å². The smallest absolute Gasteiger partial charge is 0.0861 e. The van der Waals surface area contributed by atoms with Crippen LogP contribution in [0.1, 0.15) is 25.7 Å². The first-order chi connectivity index (χ1) is 6.74. The Bertz CT molecular complexity index is 151. The maximum absolute atomic E-state index is 9.12. The fourth-order valence-electron chi connectivity index (χ4n) is 1.91. The molecule has 1 saturated carbocycles. The van der Waals surface area contributed by atoms with Crippen molar-refractivity contribution in [1.29, 1.82) is 0 Å². The third kappa shape index (κ3) is 4.17. The molecule has 0 aromatic carbocycles. The highest BCUT2D eigenvalue weighted by molar-refractivity contribution is 7.99. The Labute approximate surface area is 90.1 Å². The summed E-state index contributed by atoms with van der Waals surface area (Å²) in [5, 5.41) is 17.7. The van der Waals surface area contributed by atoms with Crippen LogP contribution < -0.4 is 5.73 Å². The quantitative estimate of drug-likeness (QED) is 0.612. The zero-order valence-corrected chi connectivity index (χ0v) is 9.38. The number of rotatable bonds is 6. The molecule has 4 heteroatoms. The van der Waals surface area contributed by atoms with Gasteiger partial charge < -0.3 is 15.9 Å². The maximum atomic E-state index is 9.12. The molecule has 0 spiro atoms. The highest BCUT2D eigenvalue weighted by Crippen LogP contribution is 2.28. The van der Waals surface area contributed by atoms with E-state index in [2.05, 4.69) is 0 Å². The summed E-state index contributed by atoms with van der Waals surface area (Å²) in [6.45, 7) is -0.147. The van der Waals surface area contributed by atoms with Crippen LogP contribution in [0.3, 0.4) is 0 Å². The Kier molecular flexibility index (Phi) is 5.86. The molecule has 1 fully saturated rings. The van der Waals surface area contributed by atoms with E-state index < -0.39 is 6.10 Å². The number of aliphatic hydroxyl groups is 2. The van der Waals surface area contributed by atoms with E-state index in [9.17, 15) is 0 Å². The van der Waals surface area contributed by atoms with Crippen LogP contribution in [0.15, 0.2) is 0 Å². The van der Waals surface area contributed by atoms with E-state index in [-0.39, 0.29) is 12.6 Å². The molecule has 3 nitrogen and oxygen atoms in total. The van der Waals surface area contributed by atoms with Crippen LogP contribution in [-0.2, 0) is 0 Å². The predicted octanol–water partition coefficient (Wildman–Crippen LogP) is 0.590. The molecule has 1 rings (SSSR count). The lowest BCUT2D eigenvalue weighted by atomic mass is 10.0. The molecule has 0 radical (unpaired) electrons. The molecule has 4 N–H and O–H groups in total. The second-order valence-electron chi connectivity index (χ2n) is 4.08. The van der Waals surface area contributed by atoms with Crippen molar-refractivity contribution >= 4 is 11.8 Å². The van der Waals surface area contributed by atoms with E-state index in [0.717, 1.165) is 5.75 Å². The normalized spacial score (nSPS) is 22.5. The van der Waals surface area contributed by atoms with Crippen molar-refractivity contribution in [3.8, 4) is 0 Å².